The average molecular weight is 317 g/mol. The Bertz CT molecular complexity index is 689. The van der Waals surface area contributed by atoms with Gasteiger partial charge in [0.15, 0.2) is 0 Å². The molecule has 2 N–H and O–H groups in total. The molecule has 4 nitrogen and oxygen atoms in total. The van der Waals surface area contributed by atoms with Gasteiger partial charge >= 0.3 is 6.18 Å². The molecule has 110 valence electrons. The largest absolute Gasteiger partial charge is 0.437 e. The number of hydrogen-bond acceptors (Lipinski definition) is 3. The second-order valence-electron chi connectivity index (χ2n) is 3.97. The predicted molar refractivity (Wildman–Crippen MR) is 69.3 cm³/mol. The number of para-hydroxylation sites is 1. The number of benzene rings is 1. The molecule has 0 fully saturated rings. The van der Waals surface area contributed by atoms with Crippen molar-refractivity contribution in [1.29, 1.82) is 0 Å². The lowest BCUT2D eigenvalue weighted by Crippen LogP contribution is -2.12. The summed E-state index contributed by atoms with van der Waals surface area (Å²) in [4.78, 5) is 14.7. The van der Waals surface area contributed by atoms with E-state index in [1.54, 1.807) is 12.1 Å². The van der Waals surface area contributed by atoms with E-state index < -0.39 is 17.6 Å². The number of carbonyl (C=O) groups excluding carboxylic acids is 1. The molecule has 1 heterocycles. The van der Waals surface area contributed by atoms with E-state index in [9.17, 15) is 18.0 Å². The van der Waals surface area contributed by atoms with E-state index in [2.05, 4.69) is 4.98 Å². The van der Waals surface area contributed by atoms with Crippen molar-refractivity contribution in [1.82, 2.24) is 4.98 Å². The summed E-state index contributed by atoms with van der Waals surface area (Å²) in [5.41, 5.74) is 4.23. The molecular formula is C13H8ClF3N2O2. The molecule has 1 aromatic carbocycles. The molecule has 0 spiro atoms. The van der Waals surface area contributed by atoms with Crippen molar-refractivity contribution in [2.45, 2.75) is 6.18 Å². The number of ether oxygens (including phenoxy) is 1. The first-order valence-corrected chi connectivity index (χ1v) is 5.96. The maximum absolute atomic E-state index is 12.5. The smallest absolute Gasteiger partial charge is 0.417 e. The van der Waals surface area contributed by atoms with Crippen LogP contribution in [-0.4, -0.2) is 10.9 Å². The summed E-state index contributed by atoms with van der Waals surface area (Å²) in [5, 5.41) is -0.330. The van der Waals surface area contributed by atoms with Crippen molar-refractivity contribution in [3.8, 4) is 11.6 Å². The van der Waals surface area contributed by atoms with Gasteiger partial charge in [0.05, 0.1) is 11.1 Å². The number of primary amides is 1. The van der Waals surface area contributed by atoms with Gasteiger partial charge in [-0.05, 0) is 18.2 Å². The zero-order valence-electron chi connectivity index (χ0n) is 10.3. The van der Waals surface area contributed by atoms with Crippen molar-refractivity contribution in [3.05, 3.63) is 52.7 Å². The molecule has 2 rings (SSSR count). The maximum Gasteiger partial charge on any atom is 0.417 e. The Morgan fingerprint density at radius 2 is 1.95 bits per heavy atom. The SMILES string of the molecule is NC(=O)c1ccccc1Oc1ncc(C(F)(F)F)cc1Cl. The van der Waals surface area contributed by atoms with E-state index in [4.69, 9.17) is 22.1 Å². The summed E-state index contributed by atoms with van der Waals surface area (Å²) in [5.74, 6) is -0.939. The van der Waals surface area contributed by atoms with E-state index >= 15 is 0 Å². The molecule has 0 unspecified atom stereocenters. The lowest BCUT2D eigenvalue weighted by atomic mass is 10.2. The zero-order valence-corrected chi connectivity index (χ0v) is 11.1. The Balaban J connectivity index is 2.35. The minimum absolute atomic E-state index is 0.0548. The van der Waals surface area contributed by atoms with Crippen LogP contribution in [-0.2, 0) is 6.18 Å². The Hall–Kier alpha value is -2.28. The van der Waals surface area contributed by atoms with Gasteiger partial charge < -0.3 is 10.5 Å². The first-order valence-electron chi connectivity index (χ1n) is 5.58. The van der Waals surface area contributed by atoms with Crippen LogP contribution in [0.1, 0.15) is 15.9 Å². The van der Waals surface area contributed by atoms with Gasteiger partial charge in [0.2, 0.25) is 5.88 Å². The Morgan fingerprint density at radius 3 is 2.52 bits per heavy atom. The number of carbonyl (C=O) groups is 1. The molecule has 2 aromatic rings. The third-order valence-electron chi connectivity index (χ3n) is 2.49. The Kier molecular flexibility index (Phi) is 4.04. The van der Waals surface area contributed by atoms with Crippen LogP contribution in [0.4, 0.5) is 13.2 Å². The van der Waals surface area contributed by atoms with Crippen molar-refractivity contribution in [2.75, 3.05) is 0 Å². The summed E-state index contributed by atoms with van der Waals surface area (Å²) in [6.07, 6.45) is -3.96. The van der Waals surface area contributed by atoms with Gasteiger partial charge in [0.25, 0.3) is 5.91 Å². The zero-order chi connectivity index (χ0) is 15.6. The molecule has 0 saturated heterocycles. The molecule has 0 saturated carbocycles. The molecule has 0 atom stereocenters. The normalized spacial score (nSPS) is 11.2. The Labute approximate surface area is 122 Å². The second-order valence-corrected chi connectivity index (χ2v) is 4.38. The standard InChI is InChI=1S/C13H8ClF3N2O2/c14-9-5-7(13(15,16)17)6-19-12(9)21-10-4-2-1-3-8(10)11(18)20/h1-6H,(H2,18,20). The van der Waals surface area contributed by atoms with Crippen molar-refractivity contribution < 1.29 is 22.7 Å². The van der Waals surface area contributed by atoms with Gasteiger partial charge in [0.1, 0.15) is 10.8 Å². The van der Waals surface area contributed by atoms with E-state index in [1.807, 2.05) is 0 Å². The molecule has 0 aliphatic rings. The van der Waals surface area contributed by atoms with Gasteiger partial charge in [-0.1, -0.05) is 23.7 Å². The van der Waals surface area contributed by atoms with E-state index in [1.165, 1.54) is 12.1 Å². The van der Waals surface area contributed by atoms with Gasteiger partial charge in [-0.2, -0.15) is 13.2 Å². The van der Waals surface area contributed by atoms with Gasteiger partial charge in [-0.3, -0.25) is 4.79 Å². The third kappa shape index (κ3) is 3.43. The fourth-order valence-corrected chi connectivity index (χ4v) is 1.72. The molecule has 1 aromatic heterocycles. The molecule has 1 amide bonds. The summed E-state index contributed by atoms with van der Waals surface area (Å²) in [7, 11) is 0. The molecule has 0 aliphatic heterocycles. The molecule has 21 heavy (non-hydrogen) atoms. The lowest BCUT2D eigenvalue weighted by Gasteiger charge is -2.11. The average Bonchev–Trinajstić information content (AvgIpc) is 2.40. The highest BCUT2D eigenvalue weighted by Crippen LogP contribution is 2.35. The number of nitrogens with two attached hydrogens (primary N) is 1. The van der Waals surface area contributed by atoms with Crippen molar-refractivity contribution in [2.24, 2.45) is 5.73 Å². The number of amides is 1. The van der Waals surface area contributed by atoms with Gasteiger partial charge in [-0.15, -0.1) is 0 Å². The monoisotopic (exact) mass is 316 g/mol. The number of hydrogen-bond donors (Lipinski definition) is 1. The number of aromatic nitrogens is 1. The van der Waals surface area contributed by atoms with Gasteiger partial charge in [-0.25, -0.2) is 4.98 Å². The van der Waals surface area contributed by atoms with E-state index in [0.29, 0.717) is 12.3 Å². The van der Waals surface area contributed by atoms with Crippen molar-refractivity contribution in [3.63, 3.8) is 0 Å². The first-order chi connectivity index (χ1) is 9.79. The van der Waals surface area contributed by atoms with Crippen LogP contribution in [0, 0.1) is 0 Å². The molecule has 8 heteroatoms. The first kappa shape index (κ1) is 15.1. The molecular weight excluding hydrogens is 309 g/mol. The molecule has 0 radical (unpaired) electrons. The minimum Gasteiger partial charge on any atom is -0.437 e. The highest BCUT2D eigenvalue weighted by atomic mass is 35.5. The summed E-state index contributed by atoms with van der Waals surface area (Å²) < 4.78 is 42.7. The predicted octanol–water partition coefficient (Wildman–Crippen LogP) is 3.65. The van der Waals surface area contributed by atoms with Crippen LogP contribution < -0.4 is 10.5 Å². The highest BCUT2D eigenvalue weighted by Gasteiger charge is 2.31. The fourth-order valence-electron chi connectivity index (χ4n) is 1.52. The minimum atomic E-state index is -4.56. The fraction of sp³-hybridized carbons (Fsp3) is 0.0769. The second kappa shape index (κ2) is 5.61. The van der Waals surface area contributed by atoms with E-state index in [-0.39, 0.29) is 22.2 Å². The number of nitrogens with zero attached hydrogens (tertiary/aromatic N) is 1. The van der Waals surface area contributed by atoms with Crippen LogP contribution in [0.25, 0.3) is 0 Å². The number of pyridine rings is 1. The summed E-state index contributed by atoms with van der Waals surface area (Å²) >= 11 is 5.71. The van der Waals surface area contributed by atoms with Crippen LogP contribution in [0.15, 0.2) is 36.5 Å². The lowest BCUT2D eigenvalue weighted by molar-refractivity contribution is -0.137. The molecule has 0 aliphatic carbocycles. The summed E-state index contributed by atoms with van der Waals surface area (Å²) in [6, 6.07) is 6.66. The van der Waals surface area contributed by atoms with Crippen molar-refractivity contribution >= 4 is 17.5 Å². The topological polar surface area (TPSA) is 65.2 Å². The summed E-state index contributed by atoms with van der Waals surface area (Å²) in [6.45, 7) is 0. The van der Waals surface area contributed by atoms with Crippen LogP contribution in [0.5, 0.6) is 11.6 Å². The van der Waals surface area contributed by atoms with E-state index in [0.717, 1.165) is 0 Å². The van der Waals surface area contributed by atoms with Crippen LogP contribution >= 0.6 is 11.6 Å². The van der Waals surface area contributed by atoms with Gasteiger partial charge in [0, 0.05) is 6.20 Å². The third-order valence-corrected chi connectivity index (χ3v) is 2.76. The van der Waals surface area contributed by atoms with Crippen LogP contribution in [0.3, 0.4) is 0 Å². The highest BCUT2D eigenvalue weighted by molar-refractivity contribution is 6.31. The molecule has 0 bridgehead atoms. The quantitative estimate of drug-likeness (QED) is 0.940. The number of alkyl halides is 3. The number of rotatable bonds is 3. The van der Waals surface area contributed by atoms with Crippen LogP contribution in [0.2, 0.25) is 5.02 Å². The maximum atomic E-state index is 12.5. The number of halogens is 4. The Morgan fingerprint density at radius 1 is 1.29 bits per heavy atom.